The smallest absolute Gasteiger partial charge is 0.123 e. The van der Waals surface area contributed by atoms with Crippen molar-refractivity contribution in [2.75, 3.05) is 13.2 Å². The first-order valence-corrected chi connectivity index (χ1v) is 7.81. The SMILES string of the molecule is CC1CCCC(CO)(NCC2Cc3ccccc3O2)C1. The zero-order valence-corrected chi connectivity index (χ0v) is 12.3. The van der Waals surface area contributed by atoms with E-state index in [1.165, 1.54) is 18.4 Å². The van der Waals surface area contributed by atoms with Crippen LogP contribution in [0.4, 0.5) is 0 Å². The largest absolute Gasteiger partial charge is 0.488 e. The van der Waals surface area contributed by atoms with E-state index in [0.717, 1.165) is 31.6 Å². The van der Waals surface area contributed by atoms with E-state index in [1.54, 1.807) is 0 Å². The van der Waals surface area contributed by atoms with Gasteiger partial charge in [0.25, 0.3) is 0 Å². The van der Waals surface area contributed by atoms with E-state index in [4.69, 9.17) is 4.74 Å². The number of aliphatic hydroxyl groups is 1. The first-order chi connectivity index (χ1) is 9.71. The third kappa shape index (κ3) is 2.84. The molecule has 1 fully saturated rings. The first-order valence-electron chi connectivity index (χ1n) is 7.81. The summed E-state index contributed by atoms with van der Waals surface area (Å²) in [5.74, 6) is 1.72. The Hall–Kier alpha value is -1.06. The van der Waals surface area contributed by atoms with Crippen LogP contribution in [0.5, 0.6) is 5.75 Å². The normalized spacial score (nSPS) is 32.7. The number of rotatable bonds is 4. The molecule has 1 heterocycles. The van der Waals surface area contributed by atoms with Gasteiger partial charge in [-0.3, -0.25) is 0 Å². The zero-order chi connectivity index (χ0) is 14.0. The van der Waals surface area contributed by atoms with Crippen molar-refractivity contribution in [2.45, 2.75) is 50.7 Å². The average Bonchev–Trinajstić information content (AvgIpc) is 2.88. The van der Waals surface area contributed by atoms with Crippen LogP contribution in [0.3, 0.4) is 0 Å². The van der Waals surface area contributed by atoms with Gasteiger partial charge in [0.2, 0.25) is 0 Å². The van der Waals surface area contributed by atoms with E-state index < -0.39 is 0 Å². The molecule has 1 aliphatic carbocycles. The predicted octanol–water partition coefficient (Wildman–Crippen LogP) is 2.52. The fourth-order valence-corrected chi connectivity index (χ4v) is 3.72. The van der Waals surface area contributed by atoms with Crippen molar-refractivity contribution in [3.8, 4) is 5.75 Å². The highest BCUT2D eigenvalue weighted by molar-refractivity contribution is 5.37. The highest BCUT2D eigenvalue weighted by atomic mass is 16.5. The van der Waals surface area contributed by atoms with Gasteiger partial charge in [-0.05, 0) is 30.4 Å². The molecule has 2 N–H and O–H groups in total. The van der Waals surface area contributed by atoms with Gasteiger partial charge in [-0.15, -0.1) is 0 Å². The molecule has 2 aliphatic rings. The highest BCUT2D eigenvalue weighted by Gasteiger charge is 2.35. The summed E-state index contributed by atoms with van der Waals surface area (Å²) in [6.07, 6.45) is 5.82. The van der Waals surface area contributed by atoms with Crippen LogP contribution in [0.25, 0.3) is 0 Å². The quantitative estimate of drug-likeness (QED) is 0.887. The zero-order valence-electron chi connectivity index (χ0n) is 12.3. The minimum absolute atomic E-state index is 0.0875. The van der Waals surface area contributed by atoms with Crippen LogP contribution >= 0.6 is 0 Å². The van der Waals surface area contributed by atoms with Crippen LogP contribution in [-0.4, -0.2) is 29.9 Å². The standard InChI is InChI=1S/C17H25NO2/c1-13-5-4-8-17(10-13,12-19)18-11-15-9-14-6-2-3-7-16(14)20-15/h2-3,6-7,13,15,18-19H,4-5,8-12H2,1H3. The van der Waals surface area contributed by atoms with E-state index in [0.29, 0.717) is 5.92 Å². The second kappa shape index (κ2) is 5.74. The molecule has 3 heteroatoms. The fraction of sp³-hybridized carbons (Fsp3) is 0.647. The predicted molar refractivity (Wildman–Crippen MR) is 80.0 cm³/mol. The molecule has 0 spiro atoms. The van der Waals surface area contributed by atoms with Gasteiger partial charge in [0.1, 0.15) is 11.9 Å². The number of aliphatic hydroxyl groups excluding tert-OH is 1. The number of nitrogens with one attached hydrogen (secondary N) is 1. The monoisotopic (exact) mass is 275 g/mol. The maximum Gasteiger partial charge on any atom is 0.123 e. The summed E-state index contributed by atoms with van der Waals surface area (Å²) in [4.78, 5) is 0. The minimum Gasteiger partial charge on any atom is -0.488 e. The van der Waals surface area contributed by atoms with Gasteiger partial charge >= 0.3 is 0 Å². The van der Waals surface area contributed by atoms with Crippen molar-refractivity contribution in [1.82, 2.24) is 5.32 Å². The van der Waals surface area contributed by atoms with Gasteiger partial charge in [-0.25, -0.2) is 0 Å². The van der Waals surface area contributed by atoms with E-state index in [2.05, 4.69) is 24.4 Å². The maximum atomic E-state index is 9.80. The van der Waals surface area contributed by atoms with Gasteiger partial charge < -0.3 is 15.2 Å². The lowest BCUT2D eigenvalue weighted by Crippen LogP contribution is -2.54. The van der Waals surface area contributed by atoms with Crippen LogP contribution in [-0.2, 0) is 6.42 Å². The Morgan fingerprint density at radius 3 is 3.00 bits per heavy atom. The Balaban J connectivity index is 1.57. The van der Waals surface area contributed by atoms with E-state index >= 15 is 0 Å². The molecule has 1 aromatic carbocycles. The van der Waals surface area contributed by atoms with Crippen LogP contribution in [0.1, 0.15) is 38.2 Å². The fourth-order valence-electron chi connectivity index (χ4n) is 3.72. The number of hydrogen-bond donors (Lipinski definition) is 2. The van der Waals surface area contributed by atoms with Crippen LogP contribution in [0.15, 0.2) is 24.3 Å². The summed E-state index contributed by atoms with van der Waals surface area (Å²) in [6, 6.07) is 8.27. The number of benzene rings is 1. The van der Waals surface area contributed by atoms with Crippen LogP contribution < -0.4 is 10.1 Å². The molecule has 0 saturated heterocycles. The molecule has 3 rings (SSSR count). The van der Waals surface area contributed by atoms with Crippen molar-refractivity contribution in [2.24, 2.45) is 5.92 Å². The minimum atomic E-state index is -0.0875. The van der Waals surface area contributed by atoms with Crippen LogP contribution in [0.2, 0.25) is 0 Å². The lowest BCUT2D eigenvalue weighted by atomic mass is 9.77. The summed E-state index contributed by atoms with van der Waals surface area (Å²) in [6.45, 7) is 3.34. The van der Waals surface area contributed by atoms with Crippen molar-refractivity contribution in [1.29, 1.82) is 0 Å². The number of para-hydroxylation sites is 1. The van der Waals surface area contributed by atoms with Gasteiger partial charge in [-0.1, -0.05) is 38.0 Å². The second-order valence-electron chi connectivity index (χ2n) is 6.57. The molecule has 110 valence electrons. The Labute approximate surface area is 121 Å². The van der Waals surface area contributed by atoms with Gasteiger partial charge in [0, 0.05) is 18.5 Å². The number of fused-ring (bicyclic) bond motifs is 1. The van der Waals surface area contributed by atoms with E-state index in [-0.39, 0.29) is 18.2 Å². The average molecular weight is 275 g/mol. The summed E-state index contributed by atoms with van der Waals surface area (Å²) >= 11 is 0. The van der Waals surface area contributed by atoms with E-state index in [1.807, 2.05) is 12.1 Å². The number of hydrogen-bond acceptors (Lipinski definition) is 3. The molecule has 3 unspecified atom stereocenters. The lowest BCUT2D eigenvalue weighted by Gasteiger charge is -2.40. The van der Waals surface area contributed by atoms with Gasteiger partial charge in [0.15, 0.2) is 0 Å². The molecule has 0 amide bonds. The Bertz CT molecular complexity index is 437. The van der Waals surface area contributed by atoms with Gasteiger partial charge in [0.05, 0.1) is 6.61 Å². The van der Waals surface area contributed by atoms with Gasteiger partial charge in [-0.2, -0.15) is 0 Å². The Morgan fingerprint density at radius 1 is 1.40 bits per heavy atom. The molecule has 20 heavy (non-hydrogen) atoms. The first kappa shape index (κ1) is 13.9. The third-order valence-corrected chi connectivity index (χ3v) is 4.81. The van der Waals surface area contributed by atoms with Crippen molar-refractivity contribution >= 4 is 0 Å². The molecule has 0 bridgehead atoms. The van der Waals surface area contributed by atoms with Crippen molar-refractivity contribution < 1.29 is 9.84 Å². The topological polar surface area (TPSA) is 41.5 Å². The Kier molecular flexibility index (Phi) is 3.99. The molecule has 1 aromatic rings. The summed E-state index contributed by atoms with van der Waals surface area (Å²) in [5.41, 5.74) is 1.21. The molecule has 0 aromatic heterocycles. The molecular formula is C17H25NO2. The molecule has 0 radical (unpaired) electrons. The van der Waals surface area contributed by atoms with E-state index in [9.17, 15) is 5.11 Å². The highest BCUT2D eigenvalue weighted by Crippen LogP contribution is 2.33. The molecule has 1 aliphatic heterocycles. The maximum absolute atomic E-state index is 9.80. The number of ether oxygens (including phenoxy) is 1. The lowest BCUT2D eigenvalue weighted by molar-refractivity contribution is 0.0874. The molecular weight excluding hydrogens is 250 g/mol. The summed E-state index contributed by atoms with van der Waals surface area (Å²) in [7, 11) is 0. The third-order valence-electron chi connectivity index (χ3n) is 4.81. The van der Waals surface area contributed by atoms with Crippen molar-refractivity contribution in [3.05, 3.63) is 29.8 Å². The molecule has 3 atom stereocenters. The van der Waals surface area contributed by atoms with Crippen molar-refractivity contribution in [3.63, 3.8) is 0 Å². The molecule has 3 nitrogen and oxygen atoms in total. The summed E-state index contributed by atoms with van der Waals surface area (Å²) < 4.78 is 5.97. The summed E-state index contributed by atoms with van der Waals surface area (Å²) in [5, 5.41) is 13.4. The molecule has 1 saturated carbocycles. The Morgan fingerprint density at radius 2 is 2.25 bits per heavy atom. The van der Waals surface area contributed by atoms with Crippen LogP contribution in [0, 0.1) is 5.92 Å². The second-order valence-corrected chi connectivity index (χ2v) is 6.57.